The van der Waals surface area contributed by atoms with Crippen LogP contribution in [0.1, 0.15) is 31.9 Å². The number of thioether (sulfide) groups is 1. The van der Waals surface area contributed by atoms with Gasteiger partial charge in [0.2, 0.25) is 0 Å². The third-order valence-corrected chi connectivity index (χ3v) is 5.55. The van der Waals surface area contributed by atoms with Crippen molar-refractivity contribution in [2.75, 3.05) is 11.1 Å². The molecule has 1 amide bonds. The van der Waals surface area contributed by atoms with E-state index in [1.807, 2.05) is 43.3 Å². The fourth-order valence-corrected chi connectivity index (χ4v) is 4.07. The average molecular weight is 379 g/mol. The maximum atomic E-state index is 13.1. The van der Waals surface area contributed by atoms with E-state index < -0.39 is 11.8 Å². The quantitative estimate of drug-likeness (QED) is 0.795. The molecule has 0 fully saturated rings. The SMILES string of the molecule is CCCSC1=NC(C)=C(C(=O)Nc2ccccc2)[C@H](c2ccco2)C1C#N. The van der Waals surface area contributed by atoms with Crippen molar-refractivity contribution in [1.29, 1.82) is 5.26 Å². The number of hydrogen-bond acceptors (Lipinski definition) is 5. The number of para-hydroxylation sites is 1. The van der Waals surface area contributed by atoms with Crippen LogP contribution in [0.2, 0.25) is 0 Å². The van der Waals surface area contributed by atoms with E-state index >= 15 is 0 Å². The lowest BCUT2D eigenvalue weighted by Gasteiger charge is -2.28. The number of carbonyl (C=O) groups is 1. The van der Waals surface area contributed by atoms with Crippen LogP contribution >= 0.6 is 11.8 Å². The summed E-state index contributed by atoms with van der Waals surface area (Å²) in [5.41, 5.74) is 1.79. The molecule has 0 spiro atoms. The Morgan fingerprint density at radius 3 is 2.70 bits per heavy atom. The van der Waals surface area contributed by atoms with Gasteiger partial charge in [-0.1, -0.05) is 25.1 Å². The topological polar surface area (TPSA) is 78.4 Å². The molecular formula is C21H21N3O2S. The van der Waals surface area contributed by atoms with Gasteiger partial charge in [-0.05, 0) is 43.4 Å². The second-order valence-corrected chi connectivity index (χ2v) is 7.33. The Bertz CT molecular complexity index is 895. The maximum Gasteiger partial charge on any atom is 0.254 e. The number of aliphatic imine (C=N–C) groups is 1. The van der Waals surface area contributed by atoms with E-state index in [9.17, 15) is 10.1 Å². The molecule has 1 aromatic carbocycles. The van der Waals surface area contributed by atoms with Gasteiger partial charge < -0.3 is 9.73 Å². The summed E-state index contributed by atoms with van der Waals surface area (Å²) in [4.78, 5) is 17.7. The molecular weight excluding hydrogens is 358 g/mol. The van der Waals surface area contributed by atoms with Crippen LogP contribution < -0.4 is 5.32 Å². The highest BCUT2D eigenvalue weighted by Crippen LogP contribution is 2.41. The van der Waals surface area contributed by atoms with E-state index in [-0.39, 0.29) is 5.91 Å². The van der Waals surface area contributed by atoms with E-state index in [4.69, 9.17) is 4.42 Å². The van der Waals surface area contributed by atoms with Crippen LogP contribution in [0.25, 0.3) is 0 Å². The normalized spacial score (nSPS) is 19.4. The first-order valence-corrected chi connectivity index (χ1v) is 9.85. The third kappa shape index (κ3) is 4.15. The summed E-state index contributed by atoms with van der Waals surface area (Å²) in [5.74, 6) is 0.187. The molecule has 1 aromatic heterocycles. The summed E-state index contributed by atoms with van der Waals surface area (Å²) in [7, 11) is 0. The van der Waals surface area contributed by atoms with Gasteiger partial charge in [0.15, 0.2) is 0 Å². The number of hydrogen-bond donors (Lipinski definition) is 1. The van der Waals surface area contributed by atoms with Gasteiger partial charge in [0.25, 0.3) is 5.91 Å². The zero-order chi connectivity index (χ0) is 19.2. The Morgan fingerprint density at radius 1 is 1.30 bits per heavy atom. The Morgan fingerprint density at radius 2 is 2.07 bits per heavy atom. The minimum absolute atomic E-state index is 0.261. The van der Waals surface area contributed by atoms with Crippen LogP contribution in [0.15, 0.2) is 69.4 Å². The Kier molecular flexibility index (Phi) is 6.15. The summed E-state index contributed by atoms with van der Waals surface area (Å²) in [6, 6.07) is 15.2. The van der Waals surface area contributed by atoms with Crippen molar-refractivity contribution in [3.05, 3.63) is 65.8 Å². The van der Waals surface area contributed by atoms with Gasteiger partial charge in [0.05, 0.1) is 28.9 Å². The molecule has 5 nitrogen and oxygen atoms in total. The fraction of sp³-hybridized carbons (Fsp3) is 0.286. The Balaban J connectivity index is 2.02. The monoisotopic (exact) mass is 379 g/mol. The van der Waals surface area contributed by atoms with E-state index in [1.54, 1.807) is 24.1 Å². The number of anilines is 1. The molecule has 0 saturated heterocycles. The predicted molar refractivity (Wildman–Crippen MR) is 109 cm³/mol. The standard InChI is InChI=1S/C21H21N3O2S/c1-3-12-27-21-16(13-22)19(17-10-7-11-26-17)18(14(2)23-21)20(25)24-15-8-5-4-6-9-15/h4-11,16,19H,3,12H2,1-2H3,(H,24,25)/t16?,19-/m0/s1. The van der Waals surface area contributed by atoms with Crippen molar-refractivity contribution in [1.82, 2.24) is 0 Å². The molecule has 0 radical (unpaired) electrons. The number of furan rings is 1. The van der Waals surface area contributed by atoms with Gasteiger partial charge in [0, 0.05) is 11.4 Å². The summed E-state index contributed by atoms with van der Waals surface area (Å²) in [5, 5.41) is 13.5. The highest BCUT2D eigenvalue weighted by molar-refractivity contribution is 8.14. The summed E-state index contributed by atoms with van der Waals surface area (Å²) < 4.78 is 5.61. The van der Waals surface area contributed by atoms with Gasteiger partial charge in [-0.3, -0.25) is 4.79 Å². The highest BCUT2D eigenvalue weighted by Gasteiger charge is 2.40. The molecule has 1 aliphatic rings. The van der Waals surface area contributed by atoms with Crippen LogP contribution in [0.3, 0.4) is 0 Å². The molecule has 2 aromatic rings. The van der Waals surface area contributed by atoms with Crippen molar-refractivity contribution in [3.63, 3.8) is 0 Å². The molecule has 27 heavy (non-hydrogen) atoms. The number of carbonyl (C=O) groups excluding carboxylic acids is 1. The van der Waals surface area contributed by atoms with Gasteiger partial charge in [-0.25, -0.2) is 4.99 Å². The first kappa shape index (κ1) is 19.0. The number of amides is 1. The smallest absolute Gasteiger partial charge is 0.254 e. The lowest BCUT2D eigenvalue weighted by Crippen LogP contribution is -2.31. The molecule has 1 N–H and O–H groups in total. The largest absolute Gasteiger partial charge is 0.469 e. The van der Waals surface area contributed by atoms with Crippen molar-refractivity contribution < 1.29 is 9.21 Å². The molecule has 3 rings (SSSR count). The summed E-state index contributed by atoms with van der Waals surface area (Å²) >= 11 is 1.57. The zero-order valence-corrected chi connectivity index (χ0v) is 16.1. The van der Waals surface area contributed by atoms with Crippen LogP contribution in [-0.2, 0) is 4.79 Å². The summed E-state index contributed by atoms with van der Waals surface area (Å²) in [6.45, 7) is 3.90. The van der Waals surface area contributed by atoms with E-state index in [2.05, 4.69) is 23.3 Å². The Hall–Kier alpha value is -2.78. The van der Waals surface area contributed by atoms with Crippen molar-refractivity contribution in [3.8, 4) is 6.07 Å². The fourth-order valence-electron chi connectivity index (χ4n) is 3.09. The van der Waals surface area contributed by atoms with Gasteiger partial charge >= 0.3 is 0 Å². The second-order valence-electron chi connectivity index (χ2n) is 6.22. The number of rotatable bonds is 5. The van der Waals surface area contributed by atoms with Crippen molar-refractivity contribution in [2.45, 2.75) is 26.2 Å². The number of nitrogens with one attached hydrogen (secondary N) is 1. The molecule has 0 saturated carbocycles. The molecule has 2 heterocycles. The minimum Gasteiger partial charge on any atom is -0.469 e. The van der Waals surface area contributed by atoms with Crippen LogP contribution in [0.4, 0.5) is 5.69 Å². The van der Waals surface area contributed by atoms with Crippen LogP contribution in [-0.4, -0.2) is 16.7 Å². The first-order valence-electron chi connectivity index (χ1n) is 8.87. The lowest BCUT2D eigenvalue weighted by atomic mass is 9.81. The van der Waals surface area contributed by atoms with Crippen LogP contribution in [0.5, 0.6) is 0 Å². The van der Waals surface area contributed by atoms with E-state index in [0.29, 0.717) is 22.7 Å². The minimum atomic E-state index is -0.548. The number of nitrogens with zero attached hydrogens (tertiary/aromatic N) is 2. The van der Waals surface area contributed by atoms with E-state index in [1.165, 1.54) is 0 Å². The zero-order valence-electron chi connectivity index (χ0n) is 15.3. The van der Waals surface area contributed by atoms with Crippen molar-refractivity contribution in [2.24, 2.45) is 10.9 Å². The number of benzene rings is 1. The van der Waals surface area contributed by atoms with Crippen molar-refractivity contribution >= 4 is 28.4 Å². The number of allylic oxidation sites excluding steroid dienone is 1. The maximum absolute atomic E-state index is 13.1. The van der Waals surface area contributed by atoms with E-state index in [0.717, 1.165) is 17.2 Å². The molecule has 2 atom stereocenters. The molecule has 0 aliphatic carbocycles. The second kappa shape index (κ2) is 8.74. The molecule has 6 heteroatoms. The molecule has 1 unspecified atom stereocenters. The summed E-state index contributed by atoms with van der Waals surface area (Å²) in [6.07, 6.45) is 2.55. The number of nitriles is 1. The molecule has 138 valence electrons. The van der Waals surface area contributed by atoms with Gasteiger partial charge in [-0.15, -0.1) is 11.8 Å². The molecule has 0 bridgehead atoms. The average Bonchev–Trinajstić information content (AvgIpc) is 3.20. The Labute approximate surface area is 163 Å². The predicted octanol–water partition coefficient (Wildman–Crippen LogP) is 4.97. The highest BCUT2D eigenvalue weighted by atomic mass is 32.2. The lowest BCUT2D eigenvalue weighted by molar-refractivity contribution is -0.113. The third-order valence-electron chi connectivity index (χ3n) is 4.30. The molecule has 1 aliphatic heterocycles. The first-order chi connectivity index (χ1) is 13.2. The van der Waals surface area contributed by atoms with Gasteiger partial charge in [0.1, 0.15) is 11.7 Å². The van der Waals surface area contributed by atoms with Crippen LogP contribution in [0, 0.1) is 17.2 Å². The van der Waals surface area contributed by atoms with Gasteiger partial charge in [-0.2, -0.15) is 5.26 Å².